The molecular weight excluding hydrogens is 408 g/mol. The van der Waals surface area contributed by atoms with E-state index in [4.69, 9.17) is 9.15 Å². The van der Waals surface area contributed by atoms with Crippen LogP contribution in [0.5, 0.6) is 5.75 Å². The summed E-state index contributed by atoms with van der Waals surface area (Å²) in [4.78, 5) is 35.4. The fourth-order valence-corrected chi connectivity index (χ4v) is 4.24. The van der Waals surface area contributed by atoms with E-state index in [0.717, 1.165) is 35.6 Å². The van der Waals surface area contributed by atoms with Crippen molar-refractivity contribution in [3.63, 3.8) is 0 Å². The minimum atomic E-state index is -0.391. The minimum absolute atomic E-state index is 0.00466. The fraction of sp³-hybridized carbons (Fsp3) is 0.417. The normalized spacial score (nSPS) is 16.2. The van der Waals surface area contributed by atoms with Gasteiger partial charge in [-0.25, -0.2) is 9.78 Å². The van der Waals surface area contributed by atoms with Crippen LogP contribution in [0.1, 0.15) is 47.4 Å². The van der Waals surface area contributed by atoms with Crippen LogP contribution in [-0.4, -0.2) is 45.5 Å². The number of oxazole rings is 1. The molecule has 32 heavy (non-hydrogen) atoms. The van der Waals surface area contributed by atoms with Gasteiger partial charge in [0.2, 0.25) is 5.91 Å². The summed E-state index contributed by atoms with van der Waals surface area (Å²) in [6, 6.07) is 9.64. The Kier molecular flexibility index (Phi) is 6.39. The number of aromatic nitrogens is 3. The summed E-state index contributed by atoms with van der Waals surface area (Å²) in [6.45, 7) is 4.78. The highest BCUT2D eigenvalue weighted by Crippen LogP contribution is 2.28. The van der Waals surface area contributed by atoms with E-state index in [9.17, 15) is 9.59 Å². The van der Waals surface area contributed by atoms with Crippen molar-refractivity contribution < 1.29 is 13.9 Å². The summed E-state index contributed by atoms with van der Waals surface area (Å²) in [6.07, 6.45) is 4.11. The van der Waals surface area contributed by atoms with Crippen LogP contribution in [0.15, 0.2) is 45.7 Å². The Balaban J connectivity index is 1.43. The number of para-hydroxylation sites is 1. The number of ether oxygens (including phenoxy) is 1. The smallest absolute Gasteiger partial charge is 0.348 e. The highest BCUT2D eigenvalue weighted by Gasteiger charge is 2.28. The van der Waals surface area contributed by atoms with Crippen molar-refractivity contribution in [1.29, 1.82) is 0 Å². The molecule has 1 fully saturated rings. The van der Waals surface area contributed by atoms with Gasteiger partial charge in [0.05, 0.1) is 19.2 Å². The van der Waals surface area contributed by atoms with Gasteiger partial charge >= 0.3 is 5.69 Å². The number of carbonyl (C=O) groups is 1. The Morgan fingerprint density at radius 1 is 1.28 bits per heavy atom. The van der Waals surface area contributed by atoms with Crippen molar-refractivity contribution in [3.05, 3.63) is 75.6 Å². The van der Waals surface area contributed by atoms with Crippen LogP contribution in [0, 0.1) is 13.8 Å². The molecule has 0 spiro atoms. The number of nitrogens with zero attached hydrogens (tertiary/aromatic N) is 4. The number of aryl methyl sites for hydroxylation is 2. The van der Waals surface area contributed by atoms with Gasteiger partial charge in [0, 0.05) is 36.5 Å². The van der Waals surface area contributed by atoms with E-state index >= 15 is 0 Å². The van der Waals surface area contributed by atoms with Crippen molar-refractivity contribution in [2.75, 3.05) is 20.2 Å². The average Bonchev–Trinajstić information content (AvgIpc) is 3.25. The van der Waals surface area contributed by atoms with E-state index in [0.29, 0.717) is 31.1 Å². The van der Waals surface area contributed by atoms with Gasteiger partial charge in [0.25, 0.3) is 0 Å². The summed E-state index contributed by atoms with van der Waals surface area (Å²) >= 11 is 0. The zero-order chi connectivity index (χ0) is 22.7. The molecule has 1 saturated heterocycles. The first-order valence-corrected chi connectivity index (χ1v) is 10.8. The van der Waals surface area contributed by atoms with Crippen molar-refractivity contribution in [1.82, 2.24) is 19.4 Å². The molecule has 0 saturated carbocycles. The second kappa shape index (κ2) is 9.38. The fourth-order valence-electron chi connectivity index (χ4n) is 4.24. The topological polar surface area (TPSA) is 90.5 Å². The lowest BCUT2D eigenvalue weighted by atomic mass is 9.98. The third-order valence-corrected chi connectivity index (χ3v) is 5.89. The zero-order valence-corrected chi connectivity index (χ0v) is 18.7. The number of amides is 1. The summed E-state index contributed by atoms with van der Waals surface area (Å²) in [5.74, 6) is 2.18. The van der Waals surface area contributed by atoms with Gasteiger partial charge in [-0.15, -0.1) is 0 Å². The third kappa shape index (κ3) is 4.74. The van der Waals surface area contributed by atoms with Gasteiger partial charge in [-0.3, -0.25) is 9.36 Å². The predicted molar refractivity (Wildman–Crippen MR) is 119 cm³/mol. The Bertz CT molecular complexity index is 1170. The molecule has 2 aromatic heterocycles. The highest BCUT2D eigenvalue weighted by atomic mass is 16.5. The Labute approximate surface area is 186 Å². The first kappa shape index (κ1) is 21.8. The Morgan fingerprint density at radius 3 is 2.88 bits per heavy atom. The largest absolute Gasteiger partial charge is 0.496 e. The van der Waals surface area contributed by atoms with Gasteiger partial charge in [0.15, 0.2) is 5.89 Å². The maximum absolute atomic E-state index is 12.9. The molecule has 1 aromatic carbocycles. The lowest BCUT2D eigenvalue weighted by molar-refractivity contribution is -0.133. The monoisotopic (exact) mass is 436 g/mol. The van der Waals surface area contributed by atoms with Crippen LogP contribution in [0.3, 0.4) is 0 Å². The molecule has 168 valence electrons. The molecule has 1 aliphatic heterocycles. The number of hydrogen-bond acceptors (Lipinski definition) is 6. The van der Waals surface area contributed by atoms with Gasteiger partial charge in [-0.2, -0.15) is 4.98 Å². The molecule has 0 N–H and O–H groups in total. The number of methoxy groups -OCH3 is 1. The standard InChI is InChI=1S/C24H28N4O4/c1-16-11-17(2)28(24(30)26-16)15-22(29)27-10-6-8-19(14-27)23-25-13-20(32-23)12-18-7-4-5-9-21(18)31-3/h4-5,7,9,11,13,19H,6,8,10,12,14-15H2,1-3H3/t19-/m1/s1. The Morgan fingerprint density at radius 2 is 2.09 bits per heavy atom. The van der Waals surface area contributed by atoms with Crippen LogP contribution in [-0.2, 0) is 17.8 Å². The summed E-state index contributed by atoms with van der Waals surface area (Å²) in [5, 5.41) is 0. The zero-order valence-electron chi connectivity index (χ0n) is 18.7. The molecule has 1 amide bonds. The highest BCUT2D eigenvalue weighted by molar-refractivity contribution is 5.76. The molecule has 8 nitrogen and oxygen atoms in total. The molecule has 0 aliphatic carbocycles. The number of rotatable bonds is 6. The molecule has 0 radical (unpaired) electrons. The summed E-state index contributed by atoms with van der Waals surface area (Å²) in [5.41, 5.74) is 2.03. The van der Waals surface area contributed by atoms with Crippen LogP contribution in [0.2, 0.25) is 0 Å². The van der Waals surface area contributed by atoms with Gasteiger partial charge in [0.1, 0.15) is 18.1 Å². The van der Waals surface area contributed by atoms with Crippen LogP contribution in [0.4, 0.5) is 0 Å². The first-order valence-electron chi connectivity index (χ1n) is 10.8. The molecule has 1 aliphatic rings. The van der Waals surface area contributed by atoms with Gasteiger partial charge in [-0.1, -0.05) is 18.2 Å². The molecule has 3 aromatic rings. The second-order valence-corrected chi connectivity index (χ2v) is 8.24. The maximum atomic E-state index is 12.9. The Hall–Kier alpha value is -3.42. The average molecular weight is 437 g/mol. The number of carbonyl (C=O) groups excluding carboxylic acids is 1. The molecule has 4 rings (SSSR count). The summed E-state index contributed by atoms with van der Waals surface area (Å²) < 4.78 is 12.9. The molecule has 0 unspecified atom stereocenters. The third-order valence-electron chi connectivity index (χ3n) is 5.89. The van der Waals surface area contributed by atoms with E-state index < -0.39 is 5.69 Å². The predicted octanol–water partition coefficient (Wildman–Crippen LogP) is 2.85. The van der Waals surface area contributed by atoms with E-state index in [1.165, 1.54) is 4.57 Å². The quantitative estimate of drug-likeness (QED) is 0.590. The molecular formula is C24H28N4O4. The maximum Gasteiger partial charge on any atom is 0.348 e. The van der Waals surface area contributed by atoms with Gasteiger partial charge < -0.3 is 14.1 Å². The van der Waals surface area contributed by atoms with Crippen molar-refractivity contribution in [3.8, 4) is 5.75 Å². The van der Waals surface area contributed by atoms with Crippen LogP contribution >= 0.6 is 0 Å². The van der Waals surface area contributed by atoms with E-state index in [1.54, 1.807) is 25.1 Å². The van der Waals surface area contributed by atoms with Crippen molar-refractivity contribution in [2.45, 2.75) is 45.6 Å². The van der Waals surface area contributed by atoms with Crippen LogP contribution in [0.25, 0.3) is 0 Å². The second-order valence-electron chi connectivity index (χ2n) is 8.24. The minimum Gasteiger partial charge on any atom is -0.496 e. The number of piperidine rings is 1. The summed E-state index contributed by atoms with van der Waals surface area (Å²) in [7, 11) is 1.65. The molecule has 1 atom stereocenters. The molecule has 0 bridgehead atoms. The lowest BCUT2D eigenvalue weighted by Crippen LogP contribution is -2.42. The van der Waals surface area contributed by atoms with Crippen molar-refractivity contribution in [2.24, 2.45) is 0 Å². The van der Waals surface area contributed by atoms with Crippen LogP contribution < -0.4 is 10.4 Å². The number of benzene rings is 1. The van der Waals surface area contributed by atoms with E-state index in [1.807, 2.05) is 37.3 Å². The number of hydrogen-bond donors (Lipinski definition) is 0. The van der Waals surface area contributed by atoms with Crippen molar-refractivity contribution >= 4 is 5.91 Å². The molecule has 8 heteroatoms. The van der Waals surface area contributed by atoms with E-state index in [2.05, 4.69) is 9.97 Å². The van der Waals surface area contributed by atoms with Gasteiger partial charge in [-0.05, 0) is 38.8 Å². The number of likely N-dealkylation sites (tertiary alicyclic amines) is 1. The molecule has 3 heterocycles. The first-order chi connectivity index (χ1) is 15.4. The lowest BCUT2D eigenvalue weighted by Gasteiger charge is -2.31. The van der Waals surface area contributed by atoms with E-state index in [-0.39, 0.29) is 18.4 Å². The SMILES string of the molecule is COc1ccccc1Cc1cnc([C@@H]2CCCN(C(=O)Cn3c(C)cc(C)nc3=O)C2)o1.